The Morgan fingerprint density at radius 1 is 1.19 bits per heavy atom. The van der Waals surface area contributed by atoms with E-state index in [0.717, 1.165) is 40.9 Å². The minimum Gasteiger partial charge on any atom is -0.383 e. The van der Waals surface area contributed by atoms with Gasteiger partial charge >= 0.3 is 0 Å². The zero-order valence-electron chi connectivity index (χ0n) is 21.0. The average molecular weight is 498 g/mol. The van der Waals surface area contributed by atoms with Crippen LogP contribution in [-0.2, 0) is 5.44 Å². The summed E-state index contributed by atoms with van der Waals surface area (Å²) in [6.07, 6.45) is 5.89. The van der Waals surface area contributed by atoms with E-state index in [0.29, 0.717) is 28.7 Å². The van der Waals surface area contributed by atoms with Crippen molar-refractivity contribution in [3.05, 3.63) is 76.7 Å². The zero-order chi connectivity index (χ0) is 25.5. The lowest BCUT2D eigenvalue weighted by atomic mass is 9.69. The number of hydrogen-bond acceptors (Lipinski definition) is 6. The van der Waals surface area contributed by atoms with Gasteiger partial charge in [-0.15, -0.1) is 5.10 Å². The van der Waals surface area contributed by atoms with Gasteiger partial charge in [-0.2, -0.15) is 5.26 Å². The molecule has 36 heavy (non-hydrogen) atoms. The van der Waals surface area contributed by atoms with Crippen molar-refractivity contribution in [3.63, 3.8) is 0 Å². The molecule has 2 aromatic heterocycles. The smallest absolute Gasteiger partial charge is 0.148 e. The molecule has 1 aliphatic carbocycles. The summed E-state index contributed by atoms with van der Waals surface area (Å²) >= 11 is 6.75. The van der Waals surface area contributed by atoms with Gasteiger partial charge in [-0.1, -0.05) is 67.9 Å². The molecule has 0 amide bonds. The summed E-state index contributed by atoms with van der Waals surface area (Å²) in [5, 5.41) is 27.2. The Labute approximate surface area is 217 Å². The highest BCUT2D eigenvalue weighted by Crippen LogP contribution is 2.38. The van der Waals surface area contributed by atoms with Crippen molar-refractivity contribution in [3.8, 4) is 6.07 Å². The lowest BCUT2D eigenvalue weighted by Gasteiger charge is -2.31. The van der Waals surface area contributed by atoms with Gasteiger partial charge < -0.3 is 10.6 Å². The van der Waals surface area contributed by atoms with Crippen LogP contribution in [0, 0.1) is 16.7 Å². The number of halogens is 1. The second kappa shape index (κ2) is 9.14. The summed E-state index contributed by atoms with van der Waals surface area (Å²) in [7, 11) is 2.10. The van der Waals surface area contributed by atoms with Crippen LogP contribution in [0.2, 0.25) is 5.02 Å². The van der Waals surface area contributed by atoms with Gasteiger partial charge in [0.2, 0.25) is 0 Å². The van der Waals surface area contributed by atoms with E-state index >= 15 is 0 Å². The van der Waals surface area contributed by atoms with E-state index in [1.54, 1.807) is 6.20 Å². The van der Waals surface area contributed by atoms with Gasteiger partial charge in [0, 0.05) is 23.8 Å². The van der Waals surface area contributed by atoms with Crippen molar-refractivity contribution in [2.45, 2.75) is 45.1 Å². The van der Waals surface area contributed by atoms with Crippen molar-refractivity contribution in [1.29, 1.82) is 5.26 Å². The monoisotopic (exact) mass is 497 g/mol. The topological polar surface area (TPSA) is 91.5 Å². The molecule has 4 aromatic rings. The standard InChI is InChI=1S/C27H29BClN7/c1-26(2,3)16-32-24-17(13-30)14-31-25-21(24)11-19(12-22(25)29)33-27(28,18-7-5-4-6-8-18)23-15-36(35-34-23)20-9-10-20/h4-8,11-12,14-15,20,33H,9-10,16,28H2,1-3H3,(H,31,32). The fraction of sp³-hybridized carbons (Fsp3) is 0.333. The number of nitriles is 1. The van der Waals surface area contributed by atoms with Crippen molar-refractivity contribution in [1.82, 2.24) is 20.0 Å². The Kier molecular flexibility index (Phi) is 6.13. The van der Waals surface area contributed by atoms with Gasteiger partial charge in [-0.05, 0) is 36.0 Å². The molecule has 182 valence electrons. The number of rotatable bonds is 7. The Morgan fingerprint density at radius 3 is 2.61 bits per heavy atom. The molecule has 0 aliphatic heterocycles. The number of pyridine rings is 1. The van der Waals surface area contributed by atoms with E-state index in [1.165, 1.54) is 0 Å². The molecule has 1 aliphatic rings. The van der Waals surface area contributed by atoms with Crippen molar-refractivity contribution in [2.75, 3.05) is 17.2 Å². The average Bonchev–Trinajstić information content (AvgIpc) is 3.58. The summed E-state index contributed by atoms with van der Waals surface area (Å²) in [5.41, 5.74) is 3.92. The van der Waals surface area contributed by atoms with Crippen LogP contribution in [0.1, 0.15) is 56.5 Å². The first-order chi connectivity index (χ1) is 17.2. The molecule has 1 saturated carbocycles. The summed E-state index contributed by atoms with van der Waals surface area (Å²) in [5.74, 6) is 0. The molecule has 1 unspecified atom stereocenters. The summed E-state index contributed by atoms with van der Waals surface area (Å²) in [4.78, 5) is 4.49. The van der Waals surface area contributed by atoms with E-state index in [2.05, 4.69) is 72.7 Å². The van der Waals surface area contributed by atoms with E-state index in [9.17, 15) is 5.26 Å². The number of nitrogens with one attached hydrogen (secondary N) is 2. The molecule has 2 aromatic carbocycles. The van der Waals surface area contributed by atoms with E-state index in [1.807, 2.05) is 41.2 Å². The molecule has 2 N–H and O–H groups in total. The maximum absolute atomic E-state index is 9.79. The van der Waals surface area contributed by atoms with Crippen LogP contribution < -0.4 is 10.6 Å². The first kappa shape index (κ1) is 24.1. The van der Waals surface area contributed by atoms with Crippen LogP contribution in [0.15, 0.2) is 54.9 Å². The third-order valence-corrected chi connectivity index (χ3v) is 6.82. The molecule has 0 bridgehead atoms. The minimum absolute atomic E-state index is 0.0290. The van der Waals surface area contributed by atoms with Crippen LogP contribution in [0.5, 0.6) is 0 Å². The second-order valence-corrected chi connectivity index (χ2v) is 11.3. The van der Waals surface area contributed by atoms with Crippen molar-refractivity contribution in [2.24, 2.45) is 5.41 Å². The second-order valence-electron chi connectivity index (χ2n) is 10.9. The quantitative estimate of drug-likeness (QED) is 0.346. The highest BCUT2D eigenvalue weighted by Gasteiger charge is 2.34. The number of anilines is 2. The van der Waals surface area contributed by atoms with E-state index in [-0.39, 0.29) is 5.41 Å². The lowest BCUT2D eigenvalue weighted by Crippen LogP contribution is -2.37. The maximum Gasteiger partial charge on any atom is 0.148 e. The number of aromatic nitrogens is 4. The predicted octanol–water partition coefficient (Wildman–Crippen LogP) is 5.09. The molecule has 5 rings (SSSR count). The number of fused-ring (bicyclic) bond motifs is 1. The molecule has 1 atom stereocenters. The van der Waals surface area contributed by atoms with Gasteiger partial charge in [0.1, 0.15) is 19.6 Å². The third kappa shape index (κ3) is 4.76. The van der Waals surface area contributed by atoms with Crippen molar-refractivity contribution >= 4 is 41.7 Å². The Bertz CT molecular complexity index is 1450. The van der Waals surface area contributed by atoms with E-state index in [4.69, 9.17) is 11.6 Å². The van der Waals surface area contributed by atoms with Gasteiger partial charge in [-0.25, -0.2) is 4.68 Å². The Balaban J connectivity index is 1.61. The van der Waals surface area contributed by atoms with Crippen LogP contribution >= 0.6 is 11.6 Å². The SMILES string of the molecule is BC(Nc1cc(Cl)c2ncc(C#N)c(NCC(C)(C)C)c2c1)(c1ccccc1)c1cn(C2CC2)nn1. The highest BCUT2D eigenvalue weighted by molar-refractivity contribution is 6.36. The summed E-state index contributed by atoms with van der Waals surface area (Å²) < 4.78 is 1.96. The van der Waals surface area contributed by atoms with Gasteiger partial charge in [0.25, 0.3) is 0 Å². The van der Waals surface area contributed by atoms with Gasteiger partial charge in [0.15, 0.2) is 0 Å². The normalized spacial score (nSPS) is 15.3. The number of hydrogen-bond donors (Lipinski definition) is 2. The van der Waals surface area contributed by atoms with Crippen LogP contribution in [-0.4, -0.2) is 34.4 Å². The Morgan fingerprint density at radius 2 is 1.94 bits per heavy atom. The highest BCUT2D eigenvalue weighted by atomic mass is 35.5. The molecule has 0 spiro atoms. The summed E-state index contributed by atoms with van der Waals surface area (Å²) in [6, 6.07) is 16.8. The fourth-order valence-corrected chi connectivity index (χ4v) is 4.60. The Hall–Kier alpha value is -3.57. The molecular weight excluding hydrogens is 469 g/mol. The van der Waals surface area contributed by atoms with Crippen LogP contribution in [0.25, 0.3) is 10.9 Å². The molecule has 7 nitrogen and oxygen atoms in total. The van der Waals surface area contributed by atoms with Crippen LogP contribution in [0.4, 0.5) is 11.4 Å². The van der Waals surface area contributed by atoms with E-state index < -0.39 is 5.44 Å². The largest absolute Gasteiger partial charge is 0.383 e. The first-order valence-corrected chi connectivity index (χ1v) is 12.6. The number of nitrogens with zero attached hydrogens (tertiary/aromatic N) is 5. The molecule has 1 fully saturated rings. The number of benzene rings is 2. The predicted molar refractivity (Wildman–Crippen MR) is 147 cm³/mol. The lowest BCUT2D eigenvalue weighted by molar-refractivity contribution is 0.443. The fourth-order valence-electron chi connectivity index (χ4n) is 4.33. The zero-order valence-corrected chi connectivity index (χ0v) is 21.8. The first-order valence-electron chi connectivity index (χ1n) is 12.2. The molecular formula is C27H29BClN7. The van der Waals surface area contributed by atoms with Gasteiger partial charge in [-0.3, -0.25) is 4.98 Å². The molecule has 0 saturated heterocycles. The maximum atomic E-state index is 9.79. The van der Waals surface area contributed by atoms with Crippen molar-refractivity contribution < 1.29 is 0 Å². The third-order valence-electron chi connectivity index (χ3n) is 6.53. The van der Waals surface area contributed by atoms with Gasteiger partial charge in [0.05, 0.1) is 39.5 Å². The molecule has 2 heterocycles. The minimum atomic E-state index is -0.662. The summed E-state index contributed by atoms with van der Waals surface area (Å²) in [6.45, 7) is 7.14. The molecule has 9 heteroatoms. The molecule has 0 radical (unpaired) electrons. The van der Waals surface area contributed by atoms with Crippen LogP contribution in [0.3, 0.4) is 0 Å².